The minimum absolute atomic E-state index is 0.230. The van der Waals surface area contributed by atoms with Crippen molar-refractivity contribution in [2.75, 3.05) is 7.11 Å². The number of hydrogen-bond donors (Lipinski definition) is 0. The van der Waals surface area contributed by atoms with Crippen molar-refractivity contribution in [3.05, 3.63) is 99.5 Å². The lowest BCUT2D eigenvalue weighted by Crippen LogP contribution is -2.08. The Labute approximate surface area is 178 Å². The summed E-state index contributed by atoms with van der Waals surface area (Å²) < 4.78 is 10.4. The fourth-order valence-electron chi connectivity index (χ4n) is 2.53. The van der Waals surface area contributed by atoms with Crippen LogP contribution in [0.3, 0.4) is 0 Å². The number of carbonyl (C=O) groups is 2. The number of carbonyl (C=O) groups excluding carboxylic acids is 2. The minimum Gasteiger partial charge on any atom is -0.497 e. The van der Waals surface area contributed by atoms with Crippen LogP contribution < -0.4 is 9.47 Å². The molecule has 0 N–H and O–H groups in total. The molecule has 0 aromatic heterocycles. The van der Waals surface area contributed by atoms with Gasteiger partial charge in [-0.3, -0.25) is 4.79 Å². The molecule has 0 aliphatic rings. The Bertz CT molecular complexity index is 1050. The third-order valence-electron chi connectivity index (χ3n) is 4.06. The fourth-order valence-corrected chi connectivity index (χ4v) is 3.05. The van der Waals surface area contributed by atoms with Crippen LogP contribution in [0.1, 0.15) is 26.3 Å². The SMILES string of the molecule is COc1cccc(C(=O)Oc2ccc(C(=O)C=Cc3c(Cl)cccc3Cl)cc2)c1. The first kappa shape index (κ1) is 20.6. The van der Waals surface area contributed by atoms with Crippen molar-refractivity contribution in [1.29, 1.82) is 0 Å². The summed E-state index contributed by atoms with van der Waals surface area (Å²) in [6.07, 6.45) is 2.97. The van der Waals surface area contributed by atoms with E-state index in [0.717, 1.165) is 0 Å². The van der Waals surface area contributed by atoms with Gasteiger partial charge in [0.25, 0.3) is 0 Å². The average Bonchev–Trinajstić information content (AvgIpc) is 2.73. The summed E-state index contributed by atoms with van der Waals surface area (Å²) in [5, 5.41) is 0.919. The number of allylic oxidation sites excluding steroid dienone is 1. The number of hydrogen-bond acceptors (Lipinski definition) is 4. The Morgan fingerprint density at radius 2 is 1.48 bits per heavy atom. The predicted octanol–water partition coefficient (Wildman–Crippen LogP) is 6.12. The van der Waals surface area contributed by atoms with E-state index < -0.39 is 5.97 Å². The van der Waals surface area contributed by atoms with Gasteiger partial charge in [0.05, 0.1) is 12.7 Å². The molecule has 4 nitrogen and oxygen atoms in total. The van der Waals surface area contributed by atoms with Gasteiger partial charge in [-0.25, -0.2) is 4.79 Å². The standard InChI is InChI=1S/C23H16Cl2O4/c1-28-18-5-2-4-16(14-18)23(27)29-17-10-8-15(9-11-17)22(26)13-12-19-20(24)6-3-7-21(19)25/h2-14H,1H3. The molecule has 0 saturated heterocycles. The van der Waals surface area contributed by atoms with Gasteiger partial charge in [-0.15, -0.1) is 0 Å². The topological polar surface area (TPSA) is 52.6 Å². The van der Waals surface area contributed by atoms with Crippen LogP contribution in [0, 0.1) is 0 Å². The molecular formula is C23H16Cl2O4. The zero-order valence-corrected chi connectivity index (χ0v) is 16.9. The molecule has 146 valence electrons. The monoisotopic (exact) mass is 426 g/mol. The second-order valence-electron chi connectivity index (χ2n) is 5.98. The molecule has 0 amide bonds. The fraction of sp³-hybridized carbons (Fsp3) is 0.0435. The number of rotatable bonds is 6. The van der Waals surface area contributed by atoms with Crippen LogP contribution in [0.2, 0.25) is 10.0 Å². The van der Waals surface area contributed by atoms with Crippen LogP contribution in [0.4, 0.5) is 0 Å². The van der Waals surface area contributed by atoms with Gasteiger partial charge in [0.15, 0.2) is 5.78 Å². The summed E-state index contributed by atoms with van der Waals surface area (Å²) in [4.78, 5) is 24.6. The molecule has 29 heavy (non-hydrogen) atoms. The maximum atomic E-state index is 12.4. The largest absolute Gasteiger partial charge is 0.497 e. The number of benzene rings is 3. The van der Waals surface area contributed by atoms with E-state index >= 15 is 0 Å². The molecule has 0 fully saturated rings. The minimum atomic E-state index is -0.517. The highest BCUT2D eigenvalue weighted by Gasteiger charge is 2.10. The second-order valence-corrected chi connectivity index (χ2v) is 6.79. The summed E-state index contributed by atoms with van der Waals surface area (Å²) in [5.74, 6) is 0.140. The molecule has 0 aliphatic heterocycles. The lowest BCUT2D eigenvalue weighted by atomic mass is 10.1. The quantitative estimate of drug-likeness (QED) is 0.206. The van der Waals surface area contributed by atoms with E-state index in [4.69, 9.17) is 32.7 Å². The van der Waals surface area contributed by atoms with Crippen LogP contribution in [0.25, 0.3) is 6.08 Å². The molecule has 0 atom stereocenters. The van der Waals surface area contributed by atoms with Gasteiger partial charge < -0.3 is 9.47 Å². The Balaban J connectivity index is 1.68. The van der Waals surface area contributed by atoms with E-state index in [0.29, 0.717) is 38.2 Å². The third-order valence-corrected chi connectivity index (χ3v) is 4.72. The van der Waals surface area contributed by atoms with Crippen LogP contribution in [-0.2, 0) is 0 Å². The van der Waals surface area contributed by atoms with Crippen molar-refractivity contribution in [1.82, 2.24) is 0 Å². The first-order valence-electron chi connectivity index (χ1n) is 8.60. The lowest BCUT2D eigenvalue weighted by Gasteiger charge is -2.06. The molecule has 0 spiro atoms. The van der Waals surface area contributed by atoms with E-state index in [1.807, 2.05) is 0 Å². The van der Waals surface area contributed by atoms with Gasteiger partial charge in [0.2, 0.25) is 0 Å². The summed E-state index contributed by atoms with van der Waals surface area (Å²) in [5.41, 5.74) is 1.38. The van der Waals surface area contributed by atoms with Crippen LogP contribution >= 0.6 is 23.2 Å². The predicted molar refractivity (Wildman–Crippen MR) is 114 cm³/mol. The van der Waals surface area contributed by atoms with Gasteiger partial charge in [0.1, 0.15) is 11.5 Å². The molecule has 0 heterocycles. The molecule has 0 unspecified atom stereocenters. The van der Waals surface area contributed by atoms with Crippen LogP contribution in [-0.4, -0.2) is 18.9 Å². The Morgan fingerprint density at radius 1 is 0.828 bits per heavy atom. The number of ether oxygens (including phenoxy) is 2. The molecule has 0 aliphatic carbocycles. The molecule has 0 bridgehead atoms. The smallest absolute Gasteiger partial charge is 0.343 e. The van der Waals surface area contributed by atoms with Crippen molar-refractivity contribution in [3.8, 4) is 11.5 Å². The summed E-state index contributed by atoms with van der Waals surface area (Å²) in [6.45, 7) is 0. The first-order valence-corrected chi connectivity index (χ1v) is 9.36. The van der Waals surface area contributed by atoms with Gasteiger partial charge in [0, 0.05) is 21.2 Å². The number of ketones is 1. The van der Waals surface area contributed by atoms with E-state index in [9.17, 15) is 9.59 Å². The second kappa shape index (κ2) is 9.41. The zero-order valence-electron chi connectivity index (χ0n) is 15.4. The maximum Gasteiger partial charge on any atom is 0.343 e. The summed E-state index contributed by atoms with van der Waals surface area (Å²) >= 11 is 12.2. The highest BCUT2D eigenvalue weighted by molar-refractivity contribution is 6.37. The highest BCUT2D eigenvalue weighted by Crippen LogP contribution is 2.26. The van der Waals surface area contributed by atoms with Crippen LogP contribution in [0.5, 0.6) is 11.5 Å². The number of esters is 1. The first-order chi connectivity index (χ1) is 14.0. The molecular weight excluding hydrogens is 411 g/mol. The number of halogens is 2. The van der Waals surface area contributed by atoms with Crippen molar-refractivity contribution < 1.29 is 19.1 Å². The van der Waals surface area contributed by atoms with E-state index in [1.54, 1.807) is 72.8 Å². The van der Waals surface area contributed by atoms with Gasteiger partial charge in [-0.05, 0) is 66.7 Å². The third kappa shape index (κ3) is 5.25. The van der Waals surface area contributed by atoms with Crippen molar-refractivity contribution in [3.63, 3.8) is 0 Å². The van der Waals surface area contributed by atoms with Crippen molar-refractivity contribution in [2.24, 2.45) is 0 Å². The molecule has 3 aromatic carbocycles. The Hall–Kier alpha value is -3.08. The summed E-state index contributed by atoms with van der Waals surface area (Å²) in [7, 11) is 1.52. The number of methoxy groups -OCH3 is 1. The van der Waals surface area contributed by atoms with E-state index in [-0.39, 0.29) is 5.78 Å². The maximum absolute atomic E-state index is 12.4. The van der Waals surface area contributed by atoms with Gasteiger partial charge in [-0.2, -0.15) is 0 Å². The van der Waals surface area contributed by atoms with Crippen molar-refractivity contribution >= 4 is 41.0 Å². The highest BCUT2D eigenvalue weighted by atomic mass is 35.5. The molecule has 0 saturated carbocycles. The molecule has 3 aromatic rings. The van der Waals surface area contributed by atoms with Gasteiger partial charge >= 0.3 is 5.97 Å². The molecule has 0 radical (unpaired) electrons. The Morgan fingerprint density at radius 3 is 2.14 bits per heavy atom. The van der Waals surface area contributed by atoms with Crippen LogP contribution in [0.15, 0.2) is 72.8 Å². The lowest BCUT2D eigenvalue weighted by molar-refractivity contribution is 0.0734. The average molecular weight is 427 g/mol. The Kier molecular flexibility index (Phi) is 6.70. The normalized spacial score (nSPS) is 10.7. The molecule has 6 heteroatoms. The molecule has 3 rings (SSSR count). The van der Waals surface area contributed by atoms with E-state index in [2.05, 4.69) is 0 Å². The zero-order chi connectivity index (χ0) is 20.8. The summed E-state index contributed by atoms with van der Waals surface area (Å²) in [6, 6.07) is 18.1. The van der Waals surface area contributed by atoms with Gasteiger partial charge in [-0.1, -0.05) is 35.3 Å². The van der Waals surface area contributed by atoms with E-state index in [1.165, 1.54) is 13.2 Å². The van der Waals surface area contributed by atoms with Crippen molar-refractivity contribution in [2.45, 2.75) is 0 Å².